The molecule has 0 aliphatic carbocycles. The number of alkyl halides is 17. The number of quaternary nitrogens is 1. The van der Waals surface area contributed by atoms with Crippen LogP contribution in [0.25, 0.3) is 0 Å². The van der Waals surface area contributed by atoms with Crippen molar-refractivity contribution in [3.8, 4) is 0 Å². The van der Waals surface area contributed by atoms with Crippen LogP contribution < -0.4 is 0 Å². The molecular formula is C22H33F17NO3S+. The van der Waals surface area contributed by atoms with Crippen LogP contribution in [0.5, 0.6) is 0 Å². The summed E-state index contributed by atoms with van der Waals surface area (Å²) in [5.74, 6) is -52.0. The van der Waals surface area contributed by atoms with E-state index in [0.29, 0.717) is 0 Å². The zero-order valence-electron chi connectivity index (χ0n) is 23.6. The fourth-order valence-corrected chi connectivity index (χ4v) is 4.05. The Kier molecular flexibility index (Phi) is 14.9. The van der Waals surface area contributed by atoms with E-state index in [1.807, 2.05) is 0 Å². The van der Waals surface area contributed by atoms with Gasteiger partial charge in [-0.3, -0.25) is 4.55 Å². The minimum absolute atomic E-state index is 1.33. The summed E-state index contributed by atoms with van der Waals surface area (Å²) in [5.41, 5.74) is 0. The molecule has 0 amide bonds. The van der Waals surface area contributed by atoms with Crippen molar-refractivity contribution in [3.63, 3.8) is 0 Å². The molecule has 0 aliphatic heterocycles. The van der Waals surface area contributed by atoms with Crippen molar-refractivity contribution in [2.45, 2.75) is 113 Å². The second-order valence-corrected chi connectivity index (χ2v) is 11.3. The minimum Gasteiger partial charge on any atom is -0.324 e. The zero-order valence-corrected chi connectivity index (χ0v) is 24.4. The predicted molar refractivity (Wildman–Crippen MR) is 122 cm³/mol. The summed E-state index contributed by atoms with van der Waals surface area (Å²) in [6.45, 7) is 14.9. The monoisotopic (exact) mass is 714 g/mol. The molecule has 0 unspecified atom stereocenters. The van der Waals surface area contributed by atoms with Gasteiger partial charge in [-0.25, -0.2) is 0 Å². The highest BCUT2D eigenvalue weighted by Crippen LogP contribution is 2.64. The lowest BCUT2D eigenvalue weighted by molar-refractivity contribution is -0.927. The number of rotatable bonds is 17. The van der Waals surface area contributed by atoms with Gasteiger partial charge in [0.25, 0.3) is 0 Å². The van der Waals surface area contributed by atoms with E-state index in [-0.39, 0.29) is 0 Å². The van der Waals surface area contributed by atoms with Crippen molar-refractivity contribution in [2.75, 3.05) is 26.2 Å². The maximum atomic E-state index is 13.0. The molecule has 0 fully saturated rings. The molecule has 0 aromatic rings. The Balaban J connectivity index is 0. The van der Waals surface area contributed by atoms with E-state index >= 15 is 0 Å². The third-order valence-electron chi connectivity index (χ3n) is 6.65. The van der Waals surface area contributed by atoms with Crippen molar-refractivity contribution in [3.05, 3.63) is 0 Å². The fourth-order valence-electron chi connectivity index (χ4n) is 3.60. The molecule has 0 aliphatic rings. The van der Waals surface area contributed by atoms with Crippen LogP contribution >= 0.6 is 0 Å². The van der Waals surface area contributed by atoms with Gasteiger partial charge >= 0.3 is 57.1 Å². The van der Waals surface area contributed by atoms with Gasteiger partial charge < -0.3 is 4.48 Å². The quantitative estimate of drug-likeness (QED) is 0.0930. The summed E-state index contributed by atoms with van der Waals surface area (Å²) in [4.78, 5) is 0. The molecule has 0 atom stereocenters. The first-order valence-corrected chi connectivity index (χ1v) is 14.2. The molecule has 0 aromatic carbocycles. The summed E-state index contributed by atoms with van der Waals surface area (Å²) in [6.07, 6.45) is 0.366. The summed E-state index contributed by atoms with van der Waals surface area (Å²) in [6, 6.07) is 0. The minimum atomic E-state index is -8.89. The number of hydrogen-bond donors (Lipinski definition) is 1. The molecule has 268 valence electrons. The Labute approximate surface area is 242 Å². The highest BCUT2D eigenvalue weighted by atomic mass is 32.2. The van der Waals surface area contributed by atoms with Gasteiger partial charge in [0.05, 0.1) is 26.2 Å². The lowest BCUT2D eigenvalue weighted by Crippen LogP contribution is -2.74. The molecule has 0 bridgehead atoms. The second-order valence-electron chi connectivity index (χ2n) is 9.83. The topological polar surface area (TPSA) is 54.4 Å². The molecule has 1 N–H and O–H groups in total. The van der Waals surface area contributed by atoms with E-state index in [4.69, 9.17) is 4.55 Å². The van der Waals surface area contributed by atoms with Gasteiger partial charge in [0.1, 0.15) is 0 Å². The largest absolute Gasteiger partial charge is 0.460 e. The maximum Gasteiger partial charge on any atom is 0.460 e. The van der Waals surface area contributed by atoms with E-state index in [9.17, 15) is 83.1 Å². The third kappa shape index (κ3) is 8.14. The number of nitrogens with zero attached hydrogens (tertiary/aromatic N) is 1. The molecule has 0 spiro atoms. The normalized spacial score (nSPS) is 15.2. The first-order chi connectivity index (χ1) is 19.2. The van der Waals surface area contributed by atoms with Gasteiger partial charge in [0, 0.05) is 0 Å². The molecule has 0 saturated heterocycles. The first kappa shape index (κ1) is 44.8. The zero-order chi connectivity index (χ0) is 36.1. The van der Waals surface area contributed by atoms with Crippen molar-refractivity contribution in [1.29, 1.82) is 0 Å². The van der Waals surface area contributed by atoms with E-state index < -0.39 is 57.1 Å². The van der Waals surface area contributed by atoms with Crippen LogP contribution in [-0.4, -0.2) is 90.6 Å². The van der Waals surface area contributed by atoms with Crippen molar-refractivity contribution in [2.24, 2.45) is 0 Å². The van der Waals surface area contributed by atoms with Gasteiger partial charge in [0.2, 0.25) is 0 Å². The van der Waals surface area contributed by atoms with Gasteiger partial charge in [0.15, 0.2) is 0 Å². The average molecular weight is 715 g/mol. The summed E-state index contributed by atoms with van der Waals surface area (Å²) >= 11 is 0. The van der Waals surface area contributed by atoms with E-state index in [1.165, 1.54) is 69.2 Å². The van der Waals surface area contributed by atoms with Crippen LogP contribution in [0.1, 0.15) is 66.2 Å². The number of halogens is 17. The van der Waals surface area contributed by atoms with Crippen LogP contribution in [-0.2, 0) is 10.1 Å². The second kappa shape index (κ2) is 14.6. The van der Waals surface area contributed by atoms with E-state index in [1.54, 1.807) is 0 Å². The molecule has 0 aromatic heterocycles. The molecular weight excluding hydrogens is 681 g/mol. The van der Waals surface area contributed by atoms with Crippen molar-refractivity contribution < 1.29 is 92.1 Å². The lowest BCUT2D eigenvalue weighted by Gasteiger charge is -2.42. The predicted octanol–water partition coefficient (Wildman–Crippen LogP) is 9.06. The lowest BCUT2D eigenvalue weighted by atomic mass is 9.91. The third-order valence-corrected chi connectivity index (χ3v) is 7.55. The highest BCUT2D eigenvalue weighted by molar-refractivity contribution is 7.87. The number of unbranched alkanes of at least 4 members (excludes halogenated alkanes) is 3. The van der Waals surface area contributed by atoms with Gasteiger partial charge in [-0.1, -0.05) is 40.0 Å². The Morgan fingerprint density at radius 1 is 0.477 bits per heavy atom. The van der Waals surface area contributed by atoms with Crippen LogP contribution in [0.3, 0.4) is 0 Å². The molecule has 22 heteroatoms. The highest BCUT2D eigenvalue weighted by Gasteiger charge is 2.96. The van der Waals surface area contributed by atoms with Gasteiger partial charge in [-0.05, 0) is 26.2 Å². The Morgan fingerprint density at radius 2 is 0.727 bits per heavy atom. The van der Waals surface area contributed by atoms with Crippen molar-refractivity contribution in [1.82, 2.24) is 0 Å². The Hall–Kier alpha value is -1.32. The van der Waals surface area contributed by atoms with E-state index in [0.717, 1.165) is 0 Å². The van der Waals surface area contributed by atoms with E-state index in [2.05, 4.69) is 27.7 Å². The maximum absolute atomic E-state index is 13.0. The van der Waals surface area contributed by atoms with Gasteiger partial charge in [-0.15, -0.1) is 0 Å². The SMILES string of the molecule is CCCC[N+](CC)(CCCC)CCCC.O=S(=O)(O)C(F)(F)C(F)(F)C(F)(F)C(F)(F)C(F)(F)C(F)(F)C(F)(F)C(F)(F)F. The molecule has 0 radical (unpaired) electrons. The van der Waals surface area contributed by atoms with Crippen molar-refractivity contribution >= 4 is 10.1 Å². The molecule has 0 heterocycles. The molecule has 4 nitrogen and oxygen atoms in total. The molecule has 0 saturated carbocycles. The fraction of sp³-hybridized carbons (Fsp3) is 1.00. The smallest absolute Gasteiger partial charge is 0.324 e. The first-order valence-electron chi connectivity index (χ1n) is 12.8. The molecule has 44 heavy (non-hydrogen) atoms. The summed E-state index contributed by atoms with van der Waals surface area (Å²) in [7, 11) is -7.89. The number of hydrogen-bond acceptors (Lipinski definition) is 2. The van der Waals surface area contributed by atoms with Crippen LogP contribution in [0.4, 0.5) is 74.6 Å². The average Bonchev–Trinajstić information content (AvgIpc) is 2.87. The van der Waals surface area contributed by atoms with Crippen LogP contribution in [0, 0.1) is 0 Å². The summed E-state index contributed by atoms with van der Waals surface area (Å²) < 4.78 is 244. The van der Waals surface area contributed by atoms with Crippen LogP contribution in [0.15, 0.2) is 0 Å². The van der Waals surface area contributed by atoms with Gasteiger partial charge in [-0.2, -0.15) is 83.1 Å². The van der Waals surface area contributed by atoms with Crippen LogP contribution in [0.2, 0.25) is 0 Å². The Morgan fingerprint density at radius 3 is 0.932 bits per heavy atom. The standard InChI is InChI=1S/C14H32N.C8HF17O3S/c1-5-9-12-15(8-4,13-10-6-2)14-11-7-3;9-1(10,3(13,14)5(17,18)7(21,22)23)2(11,12)4(15,16)6(19,20)8(24,25)29(26,27)28/h5-14H2,1-4H3;(H,26,27,28)/q+1;. The molecule has 0 rings (SSSR count). The summed E-state index contributed by atoms with van der Waals surface area (Å²) in [5, 5.41) is -7.84. The Bertz CT molecular complexity index is 977.